The molecule has 0 radical (unpaired) electrons. The lowest BCUT2D eigenvalue weighted by Gasteiger charge is -2.36. The van der Waals surface area contributed by atoms with Crippen molar-refractivity contribution in [3.63, 3.8) is 0 Å². The summed E-state index contributed by atoms with van der Waals surface area (Å²) in [5.74, 6) is 1.21. The van der Waals surface area contributed by atoms with E-state index >= 15 is 0 Å². The van der Waals surface area contributed by atoms with Crippen LogP contribution in [-0.4, -0.2) is 21.9 Å². The van der Waals surface area contributed by atoms with Crippen LogP contribution in [0.4, 0.5) is 0 Å². The molecule has 3 atom stereocenters. The number of nitrogens with one attached hydrogen (secondary N) is 2. The van der Waals surface area contributed by atoms with Crippen LogP contribution in [0.1, 0.15) is 30.9 Å². The van der Waals surface area contributed by atoms with Gasteiger partial charge in [-0.1, -0.05) is 19.1 Å². The maximum absolute atomic E-state index is 12.1. The molecule has 1 saturated heterocycles. The molecule has 2 aromatic heterocycles. The lowest BCUT2D eigenvalue weighted by atomic mass is 9.79. The molecular weight excluding hydrogens is 340 g/mol. The van der Waals surface area contributed by atoms with Crippen LogP contribution in [0.25, 0.3) is 10.9 Å². The van der Waals surface area contributed by atoms with Gasteiger partial charge < -0.3 is 4.74 Å². The number of hydrazine groups is 1. The molecule has 0 saturated carbocycles. The van der Waals surface area contributed by atoms with Gasteiger partial charge in [0.1, 0.15) is 11.3 Å². The van der Waals surface area contributed by atoms with Crippen LogP contribution in [0.3, 0.4) is 0 Å². The number of rotatable bonds is 3. The predicted octanol–water partition coefficient (Wildman–Crippen LogP) is 3.47. The van der Waals surface area contributed by atoms with Crippen LogP contribution in [0, 0.1) is 12.8 Å². The van der Waals surface area contributed by atoms with E-state index in [0.717, 1.165) is 22.0 Å². The fraction of sp³-hybridized carbons (Fsp3) is 0.286. The molecule has 1 amide bonds. The van der Waals surface area contributed by atoms with Crippen molar-refractivity contribution in [1.82, 2.24) is 20.8 Å². The minimum atomic E-state index is -0.101. The predicted molar refractivity (Wildman–Crippen MR) is 103 cm³/mol. The number of ether oxygens (including phenoxy) is 1. The smallest absolute Gasteiger partial charge is 0.246 e. The van der Waals surface area contributed by atoms with Gasteiger partial charge in [0, 0.05) is 35.7 Å². The van der Waals surface area contributed by atoms with Crippen molar-refractivity contribution in [2.24, 2.45) is 5.92 Å². The van der Waals surface area contributed by atoms with E-state index in [0.29, 0.717) is 11.6 Å². The zero-order valence-corrected chi connectivity index (χ0v) is 15.6. The second kappa shape index (κ2) is 6.96. The van der Waals surface area contributed by atoms with Gasteiger partial charge in [-0.25, -0.2) is 10.4 Å². The van der Waals surface area contributed by atoms with Gasteiger partial charge in [0.2, 0.25) is 11.8 Å². The lowest BCUT2D eigenvalue weighted by molar-refractivity contribution is -0.129. The number of hydrogen-bond donors (Lipinski definition) is 2. The minimum absolute atomic E-state index is 0.0175. The summed E-state index contributed by atoms with van der Waals surface area (Å²) in [6, 6.07) is 11.9. The van der Waals surface area contributed by atoms with Crippen molar-refractivity contribution < 1.29 is 9.53 Å². The molecule has 1 aromatic carbocycles. The van der Waals surface area contributed by atoms with Crippen molar-refractivity contribution in [1.29, 1.82) is 0 Å². The molecule has 4 rings (SSSR count). The average molecular weight is 362 g/mol. The average Bonchev–Trinajstić information content (AvgIpc) is 2.67. The van der Waals surface area contributed by atoms with Crippen LogP contribution in [0.5, 0.6) is 11.6 Å². The van der Waals surface area contributed by atoms with Gasteiger partial charge in [0.05, 0.1) is 0 Å². The molecule has 6 heteroatoms. The highest BCUT2D eigenvalue weighted by molar-refractivity contribution is 5.82. The van der Waals surface area contributed by atoms with E-state index in [1.54, 1.807) is 12.4 Å². The number of hydrogen-bond acceptors (Lipinski definition) is 5. The Balaban J connectivity index is 1.65. The summed E-state index contributed by atoms with van der Waals surface area (Å²) in [7, 11) is 0. The highest BCUT2D eigenvalue weighted by Crippen LogP contribution is 2.35. The Hall–Kier alpha value is -2.99. The first kappa shape index (κ1) is 17.4. The highest BCUT2D eigenvalue weighted by atomic mass is 16.5. The molecule has 6 nitrogen and oxygen atoms in total. The lowest BCUT2D eigenvalue weighted by Crippen LogP contribution is -2.55. The number of fused-ring (bicyclic) bond motifs is 1. The van der Waals surface area contributed by atoms with E-state index in [1.807, 2.05) is 50.2 Å². The molecule has 0 bridgehead atoms. The van der Waals surface area contributed by atoms with E-state index in [4.69, 9.17) is 4.74 Å². The largest absolute Gasteiger partial charge is 0.437 e. The molecule has 1 aliphatic heterocycles. The Labute approximate surface area is 158 Å². The summed E-state index contributed by atoms with van der Waals surface area (Å²) in [6.45, 7) is 6.09. The fourth-order valence-electron chi connectivity index (χ4n) is 3.77. The summed E-state index contributed by atoms with van der Waals surface area (Å²) in [5, 5.41) is 0.984. The van der Waals surface area contributed by atoms with Gasteiger partial charge in [0.25, 0.3) is 0 Å². The summed E-state index contributed by atoms with van der Waals surface area (Å²) >= 11 is 0. The van der Waals surface area contributed by atoms with E-state index in [-0.39, 0.29) is 23.8 Å². The van der Waals surface area contributed by atoms with Crippen molar-refractivity contribution in [3.05, 3.63) is 59.9 Å². The molecular formula is C21H22N4O2. The number of aryl methyl sites for hydroxylation is 1. The first-order valence-electron chi connectivity index (χ1n) is 9.08. The summed E-state index contributed by atoms with van der Waals surface area (Å²) < 4.78 is 6.02. The highest BCUT2D eigenvalue weighted by Gasteiger charge is 2.35. The van der Waals surface area contributed by atoms with Crippen LogP contribution < -0.4 is 15.6 Å². The van der Waals surface area contributed by atoms with Gasteiger partial charge in [0.15, 0.2) is 0 Å². The maximum atomic E-state index is 12.1. The SMILES string of the molecule is Cc1cc(Oc2nccc3cccnc23)ccc1C1C(C)NNC(=O)C1C. The molecule has 0 aliphatic carbocycles. The molecule has 0 spiro atoms. The van der Waals surface area contributed by atoms with Gasteiger partial charge in [-0.2, -0.15) is 0 Å². The topological polar surface area (TPSA) is 76.1 Å². The Morgan fingerprint density at radius 1 is 1.07 bits per heavy atom. The monoisotopic (exact) mass is 362 g/mol. The quantitative estimate of drug-likeness (QED) is 0.746. The zero-order chi connectivity index (χ0) is 19.0. The number of amides is 1. The normalized spacial score (nSPS) is 22.5. The second-order valence-corrected chi connectivity index (χ2v) is 7.05. The molecule has 3 unspecified atom stereocenters. The fourth-order valence-corrected chi connectivity index (χ4v) is 3.77. The number of benzene rings is 1. The number of carbonyl (C=O) groups is 1. The first-order chi connectivity index (χ1) is 13.0. The van der Waals surface area contributed by atoms with Crippen LogP contribution >= 0.6 is 0 Å². The van der Waals surface area contributed by atoms with Gasteiger partial charge >= 0.3 is 0 Å². The minimum Gasteiger partial charge on any atom is -0.437 e. The third-order valence-electron chi connectivity index (χ3n) is 5.22. The van der Waals surface area contributed by atoms with E-state index in [2.05, 4.69) is 27.7 Å². The second-order valence-electron chi connectivity index (χ2n) is 7.05. The van der Waals surface area contributed by atoms with Crippen molar-refractivity contribution in [2.45, 2.75) is 32.7 Å². The van der Waals surface area contributed by atoms with Gasteiger partial charge in [-0.15, -0.1) is 0 Å². The Bertz CT molecular complexity index is 999. The number of aromatic nitrogens is 2. The number of carbonyl (C=O) groups excluding carboxylic acids is 1. The molecule has 3 heterocycles. The van der Waals surface area contributed by atoms with Gasteiger partial charge in [-0.3, -0.25) is 15.2 Å². The third-order valence-corrected chi connectivity index (χ3v) is 5.22. The molecule has 1 fully saturated rings. The standard InChI is InChI=1S/C21H22N4O2/c1-12-11-16(27-21-19-15(8-10-23-21)5-4-9-22-19)6-7-17(12)18-13(2)20(26)25-24-14(18)3/h4-11,13-14,18,24H,1-3H3,(H,25,26). The Morgan fingerprint density at radius 2 is 1.93 bits per heavy atom. The van der Waals surface area contributed by atoms with Crippen LogP contribution in [0.15, 0.2) is 48.8 Å². The van der Waals surface area contributed by atoms with Crippen LogP contribution in [-0.2, 0) is 4.79 Å². The maximum Gasteiger partial charge on any atom is 0.246 e. The molecule has 27 heavy (non-hydrogen) atoms. The van der Waals surface area contributed by atoms with E-state index in [9.17, 15) is 4.79 Å². The molecule has 3 aromatic rings. The molecule has 138 valence electrons. The Morgan fingerprint density at radius 3 is 2.74 bits per heavy atom. The van der Waals surface area contributed by atoms with Crippen molar-refractivity contribution in [2.75, 3.05) is 0 Å². The summed E-state index contributed by atoms with van der Waals surface area (Å²) in [6.07, 6.45) is 3.45. The first-order valence-corrected chi connectivity index (χ1v) is 9.08. The third kappa shape index (κ3) is 3.24. The summed E-state index contributed by atoms with van der Waals surface area (Å²) in [4.78, 5) is 20.8. The zero-order valence-electron chi connectivity index (χ0n) is 15.6. The van der Waals surface area contributed by atoms with Gasteiger partial charge in [-0.05, 0) is 49.2 Å². The molecule has 2 N–H and O–H groups in total. The van der Waals surface area contributed by atoms with Crippen molar-refractivity contribution >= 4 is 16.8 Å². The van der Waals surface area contributed by atoms with E-state index in [1.165, 1.54) is 0 Å². The number of nitrogens with zero attached hydrogens (tertiary/aromatic N) is 2. The van der Waals surface area contributed by atoms with E-state index < -0.39 is 0 Å². The van der Waals surface area contributed by atoms with Crippen molar-refractivity contribution in [3.8, 4) is 11.6 Å². The molecule has 1 aliphatic rings. The Kier molecular flexibility index (Phi) is 4.49. The summed E-state index contributed by atoms with van der Waals surface area (Å²) in [5.41, 5.74) is 8.76. The van der Waals surface area contributed by atoms with Crippen LogP contribution in [0.2, 0.25) is 0 Å². The number of pyridine rings is 2.